The largest absolute Gasteiger partial charge is 1.00 e. The zero-order valence-corrected chi connectivity index (χ0v) is 22.6. The molecule has 0 unspecified atom stereocenters. The summed E-state index contributed by atoms with van der Waals surface area (Å²) >= 11 is 2.37. The number of amides is 2. The van der Waals surface area contributed by atoms with E-state index >= 15 is 0 Å². The summed E-state index contributed by atoms with van der Waals surface area (Å²) in [5, 5.41) is 24.7. The van der Waals surface area contributed by atoms with Crippen LogP contribution in [-0.2, 0) is 36.0 Å². The summed E-state index contributed by atoms with van der Waals surface area (Å²) in [6.45, 7) is 0. The third kappa shape index (κ3) is 5.35. The molecule has 0 radical (unpaired) electrons. The topological polar surface area (TPSA) is 177 Å². The van der Waals surface area contributed by atoms with Crippen molar-refractivity contribution >= 4 is 51.1 Å². The molecule has 2 atom stereocenters. The molecular weight excluding hydrogens is 499 g/mol. The van der Waals surface area contributed by atoms with Gasteiger partial charge in [-0.05, 0) is 16.0 Å². The average Bonchev–Trinajstić information content (AvgIpc) is 3.06. The van der Waals surface area contributed by atoms with E-state index in [1.165, 1.54) is 35.3 Å². The fraction of sp³-hybridized carbons (Fsp3) is 0.571. The Morgan fingerprint density at radius 3 is 2.65 bits per heavy atom. The fourth-order valence-corrected chi connectivity index (χ4v) is 6.00. The SMILES string of the molecule is CO[C@@]1(NC(=O)CS(C)(=O)=O)C(=O)N2C(C(=O)[O-])=C(CSc3nnnn3C)CS[C@@H]21.[K+]. The van der Waals surface area contributed by atoms with Crippen molar-refractivity contribution in [3.8, 4) is 0 Å². The van der Waals surface area contributed by atoms with Gasteiger partial charge in [0, 0.05) is 31.9 Å². The number of nitrogens with zero attached hydrogens (tertiary/aromatic N) is 5. The second-order valence-corrected chi connectivity index (χ2v) is 10.7. The Hall–Kier alpha value is -0.534. The molecule has 0 spiro atoms. The number of thioether (sulfide) groups is 2. The maximum Gasteiger partial charge on any atom is 1.00 e. The third-order valence-corrected chi connectivity index (χ3v) is 7.56. The number of β-lactam (4-membered cyclic amide) rings is 1. The van der Waals surface area contributed by atoms with E-state index in [2.05, 4.69) is 20.8 Å². The van der Waals surface area contributed by atoms with Gasteiger partial charge in [-0.25, -0.2) is 13.1 Å². The fourth-order valence-electron chi connectivity index (χ4n) is 3.02. The first-order chi connectivity index (χ1) is 14.0. The number of rotatable bonds is 8. The summed E-state index contributed by atoms with van der Waals surface area (Å²) in [4.78, 5) is 37.7. The molecule has 164 valence electrons. The van der Waals surface area contributed by atoms with Crippen molar-refractivity contribution in [2.24, 2.45) is 7.05 Å². The van der Waals surface area contributed by atoms with Crippen LogP contribution in [0.5, 0.6) is 0 Å². The first kappa shape index (κ1) is 26.7. The minimum atomic E-state index is -3.63. The van der Waals surface area contributed by atoms with Gasteiger partial charge in [0.15, 0.2) is 9.84 Å². The number of hydrogen-bond donors (Lipinski definition) is 1. The van der Waals surface area contributed by atoms with Gasteiger partial charge in [0.2, 0.25) is 11.1 Å². The number of hydrogen-bond acceptors (Lipinski definition) is 12. The minimum Gasteiger partial charge on any atom is -0.543 e. The first-order valence-corrected chi connectivity index (χ1v) is 12.4. The van der Waals surface area contributed by atoms with Gasteiger partial charge >= 0.3 is 51.4 Å². The average molecular weight is 517 g/mol. The quantitative estimate of drug-likeness (QED) is 0.150. The number of sulfone groups is 1. The molecule has 1 saturated heterocycles. The molecular formula is C14H17KN6O7S3. The van der Waals surface area contributed by atoms with Gasteiger partial charge in [-0.15, -0.1) is 16.9 Å². The number of methoxy groups -OCH3 is 1. The van der Waals surface area contributed by atoms with E-state index < -0.39 is 44.5 Å². The summed E-state index contributed by atoms with van der Waals surface area (Å²) < 4.78 is 29.4. The van der Waals surface area contributed by atoms with Gasteiger partial charge < -0.3 is 20.0 Å². The molecule has 3 heterocycles. The Kier molecular flexibility index (Phi) is 8.76. The second-order valence-electron chi connectivity index (χ2n) is 6.51. The van der Waals surface area contributed by atoms with Crippen molar-refractivity contribution in [2.45, 2.75) is 16.3 Å². The Morgan fingerprint density at radius 1 is 1.45 bits per heavy atom. The van der Waals surface area contributed by atoms with Crippen molar-refractivity contribution in [1.29, 1.82) is 0 Å². The van der Waals surface area contributed by atoms with Crippen LogP contribution in [0.15, 0.2) is 16.4 Å². The maximum atomic E-state index is 12.9. The molecule has 0 aliphatic carbocycles. The molecule has 2 aliphatic rings. The van der Waals surface area contributed by atoms with Crippen LogP contribution in [0, 0.1) is 0 Å². The molecule has 0 aromatic carbocycles. The van der Waals surface area contributed by atoms with Crippen molar-refractivity contribution in [3.63, 3.8) is 0 Å². The predicted octanol–water partition coefficient (Wildman–Crippen LogP) is -6.27. The standard InChI is InChI=1S/C14H18N6O7S3.K/c1-19-13(16-17-18-19)29-5-7-4-28-12-14(27-2,15-8(21)6-30(3,25)26)11(24)20(12)9(7)10(22)23;/h12H,4-6H2,1-3H3,(H,15,21)(H,22,23);/q;+1/p-1/t12-,14+;/m1./s1. The molecule has 31 heavy (non-hydrogen) atoms. The smallest absolute Gasteiger partial charge is 0.543 e. The molecule has 2 amide bonds. The number of carbonyl (C=O) groups is 3. The Bertz CT molecular complexity index is 1040. The number of tetrazole rings is 1. The number of aromatic nitrogens is 4. The van der Waals surface area contributed by atoms with Crippen LogP contribution in [0.25, 0.3) is 0 Å². The van der Waals surface area contributed by atoms with Crippen molar-refractivity contribution in [3.05, 3.63) is 11.3 Å². The van der Waals surface area contributed by atoms with E-state index in [0.29, 0.717) is 10.7 Å². The minimum absolute atomic E-state index is 0. The molecule has 0 bridgehead atoms. The van der Waals surface area contributed by atoms with Crippen LogP contribution in [0.2, 0.25) is 0 Å². The van der Waals surface area contributed by atoms with Gasteiger partial charge in [0.1, 0.15) is 11.1 Å². The van der Waals surface area contributed by atoms with Crippen LogP contribution in [0.3, 0.4) is 0 Å². The van der Waals surface area contributed by atoms with Gasteiger partial charge in [0.05, 0.1) is 11.7 Å². The van der Waals surface area contributed by atoms with Crippen LogP contribution < -0.4 is 61.8 Å². The Balaban J connectivity index is 0.00000341. The third-order valence-electron chi connectivity index (χ3n) is 4.30. The van der Waals surface area contributed by atoms with Crippen molar-refractivity contribution in [2.75, 3.05) is 30.6 Å². The zero-order chi connectivity index (χ0) is 22.3. The monoisotopic (exact) mass is 516 g/mol. The van der Waals surface area contributed by atoms with Crippen LogP contribution in [-0.4, -0.2) is 93.0 Å². The number of fused-ring (bicyclic) bond motifs is 1. The molecule has 1 N–H and O–H groups in total. The zero-order valence-electron chi connectivity index (χ0n) is 17.0. The number of carboxylic acid groups (broad SMARTS) is 1. The Labute approximate surface area is 228 Å². The molecule has 13 nitrogen and oxygen atoms in total. The van der Waals surface area contributed by atoms with Crippen molar-refractivity contribution in [1.82, 2.24) is 30.4 Å². The molecule has 3 rings (SSSR count). The van der Waals surface area contributed by atoms with Crippen LogP contribution in [0.1, 0.15) is 0 Å². The van der Waals surface area contributed by atoms with E-state index in [-0.39, 0.29) is 68.6 Å². The number of carboxylic acids is 1. The summed E-state index contributed by atoms with van der Waals surface area (Å²) in [6.07, 6.45) is 0.879. The summed E-state index contributed by atoms with van der Waals surface area (Å²) in [7, 11) is -0.830. The summed E-state index contributed by atoms with van der Waals surface area (Å²) in [5.41, 5.74) is -1.75. The van der Waals surface area contributed by atoms with Gasteiger partial charge in [0.25, 0.3) is 11.6 Å². The van der Waals surface area contributed by atoms with Crippen molar-refractivity contribution < 1.29 is 84.0 Å². The maximum absolute atomic E-state index is 12.9. The molecule has 2 aliphatic heterocycles. The van der Waals surface area contributed by atoms with Gasteiger partial charge in [-0.3, -0.25) is 14.5 Å². The molecule has 17 heteroatoms. The summed E-state index contributed by atoms with van der Waals surface area (Å²) in [5.74, 6) is -3.73. The Morgan fingerprint density at radius 2 is 2.13 bits per heavy atom. The molecule has 1 aromatic rings. The van der Waals surface area contributed by atoms with E-state index in [1.807, 2.05) is 0 Å². The van der Waals surface area contributed by atoms with Crippen LogP contribution >= 0.6 is 23.5 Å². The summed E-state index contributed by atoms with van der Waals surface area (Å²) in [6, 6.07) is 0. The predicted molar refractivity (Wildman–Crippen MR) is 102 cm³/mol. The molecule has 1 fully saturated rings. The van der Waals surface area contributed by atoms with E-state index in [0.717, 1.165) is 11.2 Å². The molecule has 1 aromatic heterocycles. The van der Waals surface area contributed by atoms with Gasteiger partial charge in [-0.1, -0.05) is 11.8 Å². The van der Waals surface area contributed by atoms with E-state index in [4.69, 9.17) is 4.74 Å². The van der Waals surface area contributed by atoms with E-state index in [1.54, 1.807) is 7.05 Å². The first-order valence-electron chi connectivity index (χ1n) is 8.28. The normalized spacial score (nSPS) is 23.0. The second kappa shape index (κ2) is 10.2. The number of carbonyl (C=O) groups excluding carboxylic acids is 3. The number of aliphatic carboxylic acids is 1. The number of nitrogens with one attached hydrogen (secondary N) is 1. The van der Waals surface area contributed by atoms with E-state index in [9.17, 15) is 27.9 Å². The van der Waals surface area contributed by atoms with Crippen LogP contribution in [0.4, 0.5) is 0 Å². The number of ether oxygens (including phenoxy) is 1. The van der Waals surface area contributed by atoms with Gasteiger partial charge in [-0.2, -0.15) is 0 Å². The molecule has 0 saturated carbocycles. The number of aryl methyl sites for hydroxylation is 1.